The van der Waals surface area contributed by atoms with Gasteiger partial charge in [0.05, 0.1) is 0 Å². The number of rotatable bonds is 2. The van der Waals surface area contributed by atoms with Gasteiger partial charge in [-0.25, -0.2) is 0 Å². The summed E-state index contributed by atoms with van der Waals surface area (Å²) in [6, 6.07) is 0. The first-order valence-electron chi connectivity index (χ1n) is 3.69. The Morgan fingerprint density at radius 1 is 1.33 bits per heavy atom. The average molecular weight is 129 g/mol. The molecule has 0 saturated heterocycles. The van der Waals surface area contributed by atoms with Crippen molar-refractivity contribution in [3.63, 3.8) is 0 Å². The van der Waals surface area contributed by atoms with Crippen LogP contribution in [0.1, 0.15) is 19.3 Å². The van der Waals surface area contributed by atoms with Crippen molar-refractivity contribution in [2.24, 2.45) is 17.6 Å². The van der Waals surface area contributed by atoms with Gasteiger partial charge in [0.25, 0.3) is 0 Å². The Morgan fingerprint density at radius 3 is 2.44 bits per heavy atom. The summed E-state index contributed by atoms with van der Waals surface area (Å²) < 4.78 is 0. The van der Waals surface area contributed by atoms with Crippen LogP contribution >= 0.6 is 0 Å². The summed E-state index contributed by atoms with van der Waals surface area (Å²) in [5.41, 5.74) is 5.49. The van der Waals surface area contributed by atoms with Crippen molar-refractivity contribution in [1.29, 1.82) is 0 Å². The van der Waals surface area contributed by atoms with Gasteiger partial charge >= 0.3 is 0 Å². The first-order valence-corrected chi connectivity index (χ1v) is 3.69. The molecule has 0 aliphatic heterocycles. The third-order valence-electron chi connectivity index (χ3n) is 2.35. The molecule has 3 N–H and O–H groups in total. The monoisotopic (exact) mass is 129 g/mol. The van der Waals surface area contributed by atoms with Gasteiger partial charge in [-0.2, -0.15) is 0 Å². The number of hydrogen-bond donors (Lipinski definition) is 2. The Labute approximate surface area is 56.1 Å². The van der Waals surface area contributed by atoms with Crippen LogP contribution in [0.15, 0.2) is 0 Å². The molecule has 1 rings (SSSR count). The molecule has 0 aromatic carbocycles. The molecule has 54 valence electrons. The predicted octanol–water partition coefficient (Wildman–Crippen LogP) is 0.354. The Hall–Kier alpha value is -0.0800. The molecule has 1 fully saturated rings. The van der Waals surface area contributed by atoms with Crippen molar-refractivity contribution in [3.05, 3.63) is 0 Å². The van der Waals surface area contributed by atoms with E-state index in [9.17, 15) is 0 Å². The predicted molar refractivity (Wildman–Crippen MR) is 37.0 cm³/mol. The van der Waals surface area contributed by atoms with Crippen molar-refractivity contribution >= 4 is 0 Å². The van der Waals surface area contributed by atoms with Crippen LogP contribution in [0.5, 0.6) is 0 Å². The zero-order valence-corrected chi connectivity index (χ0v) is 5.71. The zero-order valence-electron chi connectivity index (χ0n) is 5.71. The largest absolute Gasteiger partial charge is 0.396 e. The average Bonchev–Trinajstić information content (AvgIpc) is 2.33. The molecule has 1 saturated carbocycles. The Kier molecular flexibility index (Phi) is 2.49. The van der Waals surface area contributed by atoms with Gasteiger partial charge in [0.15, 0.2) is 0 Å². The van der Waals surface area contributed by atoms with Gasteiger partial charge in [-0.1, -0.05) is 6.42 Å². The van der Waals surface area contributed by atoms with E-state index in [1.165, 1.54) is 19.3 Å². The normalized spacial score (nSPS) is 35.3. The van der Waals surface area contributed by atoms with Crippen LogP contribution in [-0.2, 0) is 0 Å². The highest BCUT2D eigenvalue weighted by atomic mass is 16.3. The maximum absolute atomic E-state index is 8.81. The summed E-state index contributed by atoms with van der Waals surface area (Å²) in [5, 5.41) is 8.81. The fraction of sp³-hybridized carbons (Fsp3) is 1.00. The van der Waals surface area contributed by atoms with E-state index in [0.29, 0.717) is 18.4 Å². The molecule has 1 aliphatic rings. The topological polar surface area (TPSA) is 46.2 Å². The van der Waals surface area contributed by atoms with Crippen molar-refractivity contribution < 1.29 is 5.11 Å². The van der Waals surface area contributed by atoms with E-state index in [1.807, 2.05) is 0 Å². The van der Waals surface area contributed by atoms with Crippen LogP contribution in [0.3, 0.4) is 0 Å². The van der Waals surface area contributed by atoms with Gasteiger partial charge in [-0.15, -0.1) is 0 Å². The summed E-state index contributed by atoms with van der Waals surface area (Å²) in [7, 11) is 0. The lowest BCUT2D eigenvalue weighted by atomic mass is 9.97. The van der Waals surface area contributed by atoms with Gasteiger partial charge in [0.1, 0.15) is 0 Å². The standard InChI is InChI=1S/C7H15NO/c8-4-6-2-1-3-7(6)5-9/h6-7,9H,1-5,8H2/t6-,7-/m1/s1. The fourth-order valence-electron chi connectivity index (χ4n) is 1.66. The third-order valence-corrected chi connectivity index (χ3v) is 2.35. The van der Waals surface area contributed by atoms with Gasteiger partial charge < -0.3 is 10.8 Å². The van der Waals surface area contributed by atoms with Crippen LogP contribution in [-0.4, -0.2) is 18.3 Å². The maximum Gasteiger partial charge on any atom is 0.0462 e. The molecular weight excluding hydrogens is 114 g/mol. The minimum absolute atomic E-state index is 0.335. The summed E-state index contributed by atoms with van der Waals surface area (Å²) in [6.07, 6.45) is 3.66. The molecule has 2 nitrogen and oxygen atoms in total. The lowest BCUT2D eigenvalue weighted by molar-refractivity contribution is 0.197. The van der Waals surface area contributed by atoms with E-state index in [4.69, 9.17) is 10.8 Å². The molecule has 2 heteroatoms. The highest BCUT2D eigenvalue weighted by Crippen LogP contribution is 2.29. The van der Waals surface area contributed by atoms with E-state index in [-0.39, 0.29) is 0 Å². The van der Waals surface area contributed by atoms with Gasteiger partial charge in [-0.05, 0) is 31.2 Å². The maximum atomic E-state index is 8.81. The first kappa shape index (κ1) is 7.03. The lowest BCUT2D eigenvalue weighted by Crippen LogP contribution is -2.20. The quantitative estimate of drug-likeness (QED) is 0.565. The fourth-order valence-corrected chi connectivity index (χ4v) is 1.66. The SMILES string of the molecule is NC[C@H]1CCC[C@@H]1CO. The number of aliphatic hydroxyl groups is 1. The van der Waals surface area contributed by atoms with E-state index in [2.05, 4.69) is 0 Å². The molecule has 0 heterocycles. The molecule has 0 bridgehead atoms. The van der Waals surface area contributed by atoms with E-state index in [0.717, 1.165) is 6.54 Å². The Morgan fingerprint density at radius 2 is 2.00 bits per heavy atom. The van der Waals surface area contributed by atoms with Gasteiger partial charge in [0, 0.05) is 6.61 Å². The first-order chi connectivity index (χ1) is 4.38. The minimum Gasteiger partial charge on any atom is -0.396 e. The second-order valence-corrected chi connectivity index (χ2v) is 2.87. The van der Waals surface area contributed by atoms with Crippen LogP contribution < -0.4 is 5.73 Å². The summed E-state index contributed by atoms with van der Waals surface area (Å²) >= 11 is 0. The molecule has 0 amide bonds. The van der Waals surface area contributed by atoms with E-state index in [1.54, 1.807) is 0 Å². The van der Waals surface area contributed by atoms with Crippen molar-refractivity contribution in [2.45, 2.75) is 19.3 Å². The molecule has 0 aromatic heterocycles. The van der Waals surface area contributed by atoms with Crippen molar-refractivity contribution in [1.82, 2.24) is 0 Å². The second-order valence-electron chi connectivity index (χ2n) is 2.87. The molecule has 0 aromatic rings. The highest BCUT2D eigenvalue weighted by molar-refractivity contribution is 4.76. The van der Waals surface area contributed by atoms with Crippen molar-refractivity contribution in [3.8, 4) is 0 Å². The van der Waals surface area contributed by atoms with Crippen LogP contribution in [0.2, 0.25) is 0 Å². The van der Waals surface area contributed by atoms with Crippen molar-refractivity contribution in [2.75, 3.05) is 13.2 Å². The third kappa shape index (κ3) is 1.43. The van der Waals surface area contributed by atoms with Gasteiger partial charge in [0.2, 0.25) is 0 Å². The highest BCUT2D eigenvalue weighted by Gasteiger charge is 2.24. The lowest BCUT2D eigenvalue weighted by Gasteiger charge is -2.13. The molecule has 0 radical (unpaired) electrons. The molecule has 0 unspecified atom stereocenters. The van der Waals surface area contributed by atoms with Crippen LogP contribution in [0, 0.1) is 11.8 Å². The molecule has 9 heavy (non-hydrogen) atoms. The second kappa shape index (κ2) is 3.18. The zero-order chi connectivity index (χ0) is 6.69. The molecular formula is C7H15NO. The number of aliphatic hydroxyl groups excluding tert-OH is 1. The molecule has 1 aliphatic carbocycles. The van der Waals surface area contributed by atoms with Gasteiger partial charge in [-0.3, -0.25) is 0 Å². The van der Waals surface area contributed by atoms with E-state index < -0.39 is 0 Å². The van der Waals surface area contributed by atoms with E-state index >= 15 is 0 Å². The minimum atomic E-state index is 0.335. The summed E-state index contributed by atoms with van der Waals surface area (Å²) in [6.45, 7) is 1.09. The molecule has 0 spiro atoms. The Balaban J connectivity index is 2.32. The smallest absolute Gasteiger partial charge is 0.0462 e. The van der Waals surface area contributed by atoms with Crippen LogP contribution in [0.25, 0.3) is 0 Å². The number of nitrogens with two attached hydrogens (primary N) is 1. The number of hydrogen-bond acceptors (Lipinski definition) is 2. The molecule has 2 atom stereocenters. The van der Waals surface area contributed by atoms with Crippen LogP contribution in [0.4, 0.5) is 0 Å². The summed E-state index contributed by atoms with van der Waals surface area (Å²) in [4.78, 5) is 0. The Bertz CT molecular complexity index is 75.0. The summed E-state index contributed by atoms with van der Waals surface area (Å²) in [5.74, 6) is 1.12.